The first-order valence-electron chi connectivity index (χ1n) is 7.21. The van der Waals surface area contributed by atoms with Gasteiger partial charge in [0.05, 0.1) is 11.1 Å². The molecule has 2 N–H and O–H groups in total. The van der Waals surface area contributed by atoms with Gasteiger partial charge in [-0.15, -0.1) is 4.73 Å². The summed E-state index contributed by atoms with van der Waals surface area (Å²) in [5, 5.41) is 22.4. The monoisotopic (exact) mass is 303 g/mol. The predicted molar refractivity (Wildman–Crippen MR) is 90.0 cm³/mol. The summed E-state index contributed by atoms with van der Waals surface area (Å²) in [7, 11) is 0. The molecular formula is C19H13NO3. The number of nitrogens with zero attached hydrogens (tertiary/aromatic N) is 1. The SMILES string of the molecule is O=c1c(-c2cccc3ccccc23)cc2cc(O)ccc2n1O. The van der Waals surface area contributed by atoms with Crippen molar-refractivity contribution in [2.45, 2.75) is 0 Å². The molecule has 1 heterocycles. The van der Waals surface area contributed by atoms with Crippen molar-refractivity contribution in [3.05, 3.63) is 77.1 Å². The van der Waals surface area contributed by atoms with Crippen LogP contribution in [0.2, 0.25) is 0 Å². The predicted octanol–water partition coefficient (Wildman–Crippen LogP) is 3.76. The Morgan fingerprint density at radius 3 is 2.43 bits per heavy atom. The van der Waals surface area contributed by atoms with E-state index in [4.69, 9.17) is 0 Å². The lowest BCUT2D eigenvalue weighted by Gasteiger charge is -2.10. The minimum Gasteiger partial charge on any atom is -0.508 e. The van der Waals surface area contributed by atoms with Gasteiger partial charge in [-0.25, -0.2) is 0 Å². The zero-order valence-electron chi connectivity index (χ0n) is 12.1. The summed E-state index contributed by atoms with van der Waals surface area (Å²) in [4.78, 5) is 12.6. The van der Waals surface area contributed by atoms with E-state index in [1.165, 1.54) is 18.2 Å². The van der Waals surface area contributed by atoms with E-state index in [1.807, 2.05) is 42.5 Å². The molecule has 4 nitrogen and oxygen atoms in total. The molecule has 4 aromatic rings. The smallest absolute Gasteiger partial charge is 0.291 e. The minimum atomic E-state index is -0.487. The second kappa shape index (κ2) is 4.88. The molecule has 112 valence electrons. The fourth-order valence-corrected chi connectivity index (χ4v) is 2.94. The fourth-order valence-electron chi connectivity index (χ4n) is 2.94. The van der Waals surface area contributed by atoms with Crippen LogP contribution in [0.5, 0.6) is 5.75 Å². The molecule has 0 saturated heterocycles. The topological polar surface area (TPSA) is 62.5 Å². The third-order valence-corrected chi connectivity index (χ3v) is 4.04. The van der Waals surface area contributed by atoms with E-state index in [2.05, 4.69) is 0 Å². The molecule has 3 aromatic carbocycles. The molecule has 0 amide bonds. The number of aromatic nitrogens is 1. The first-order chi connectivity index (χ1) is 11.1. The van der Waals surface area contributed by atoms with Crippen LogP contribution in [-0.2, 0) is 0 Å². The Morgan fingerprint density at radius 2 is 1.57 bits per heavy atom. The average Bonchev–Trinajstić information content (AvgIpc) is 2.57. The van der Waals surface area contributed by atoms with Gasteiger partial charge in [0.15, 0.2) is 0 Å². The van der Waals surface area contributed by atoms with Crippen molar-refractivity contribution < 1.29 is 10.3 Å². The molecular weight excluding hydrogens is 290 g/mol. The van der Waals surface area contributed by atoms with Crippen LogP contribution in [0.1, 0.15) is 0 Å². The molecule has 4 heteroatoms. The molecule has 0 fully saturated rings. The highest BCUT2D eigenvalue weighted by Crippen LogP contribution is 2.29. The number of aromatic hydroxyl groups is 1. The number of rotatable bonds is 1. The van der Waals surface area contributed by atoms with Crippen molar-refractivity contribution in [2.24, 2.45) is 0 Å². The van der Waals surface area contributed by atoms with Gasteiger partial charge < -0.3 is 10.3 Å². The summed E-state index contributed by atoms with van der Waals surface area (Å²) in [6, 6.07) is 19.7. The normalized spacial score (nSPS) is 11.1. The van der Waals surface area contributed by atoms with Crippen LogP contribution < -0.4 is 5.56 Å². The van der Waals surface area contributed by atoms with E-state index in [0.29, 0.717) is 21.2 Å². The quantitative estimate of drug-likeness (QED) is 0.526. The van der Waals surface area contributed by atoms with Crippen molar-refractivity contribution in [3.8, 4) is 16.9 Å². The van der Waals surface area contributed by atoms with Gasteiger partial charge in [-0.2, -0.15) is 0 Å². The van der Waals surface area contributed by atoms with Crippen molar-refractivity contribution in [1.29, 1.82) is 0 Å². The molecule has 4 rings (SSSR count). The number of phenolic OH excluding ortho intramolecular Hbond substituents is 1. The lowest BCUT2D eigenvalue weighted by Crippen LogP contribution is -2.19. The van der Waals surface area contributed by atoms with Gasteiger partial charge in [0.2, 0.25) is 0 Å². The molecule has 1 aromatic heterocycles. The van der Waals surface area contributed by atoms with Crippen molar-refractivity contribution in [2.75, 3.05) is 0 Å². The highest BCUT2D eigenvalue weighted by Gasteiger charge is 2.13. The summed E-state index contributed by atoms with van der Waals surface area (Å²) in [5.41, 5.74) is 1.01. The number of pyridine rings is 1. The number of phenols is 1. The van der Waals surface area contributed by atoms with Crippen LogP contribution in [0.15, 0.2) is 71.5 Å². The Labute approximate surface area is 131 Å². The molecule has 0 aliphatic carbocycles. The largest absolute Gasteiger partial charge is 0.508 e. The van der Waals surface area contributed by atoms with E-state index in [-0.39, 0.29) is 5.75 Å². The van der Waals surface area contributed by atoms with E-state index >= 15 is 0 Å². The number of hydrogen-bond acceptors (Lipinski definition) is 3. The molecule has 0 bridgehead atoms. The van der Waals surface area contributed by atoms with Crippen LogP contribution in [0.25, 0.3) is 32.8 Å². The Kier molecular flexibility index (Phi) is 2.84. The molecule has 0 aliphatic heterocycles. The van der Waals surface area contributed by atoms with Gasteiger partial charge in [-0.05, 0) is 40.6 Å². The van der Waals surface area contributed by atoms with Crippen LogP contribution >= 0.6 is 0 Å². The van der Waals surface area contributed by atoms with Gasteiger partial charge in [-0.1, -0.05) is 42.5 Å². The zero-order chi connectivity index (χ0) is 16.0. The van der Waals surface area contributed by atoms with E-state index in [1.54, 1.807) is 6.07 Å². The second-order valence-electron chi connectivity index (χ2n) is 5.44. The standard InChI is InChI=1S/C19H13NO3/c21-14-8-9-18-13(10-14)11-17(19(22)20(18)23)16-7-3-5-12-4-1-2-6-15(12)16/h1-11,21,23H. The molecule has 0 aliphatic rings. The lowest BCUT2D eigenvalue weighted by molar-refractivity contribution is 0.189. The first-order valence-corrected chi connectivity index (χ1v) is 7.21. The van der Waals surface area contributed by atoms with Crippen molar-refractivity contribution in [3.63, 3.8) is 0 Å². The number of fused-ring (bicyclic) bond motifs is 2. The molecule has 23 heavy (non-hydrogen) atoms. The molecule has 0 saturated carbocycles. The third-order valence-electron chi connectivity index (χ3n) is 4.04. The van der Waals surface area contributed by atoms with Gasteiger partial charge in [0.1, 0.15) is 5.75 Å². The van der Waals surface area contributed by atoms with E-state index in [0.717, 1.165) is 16.3 Å². The number of benzene rings is 3. The van der Waals surface area contributed by atoms with Crippen LogP contribution in [0.3, 0.4) is 0 Å². The van der Waals surface area contributed by atoms with Gasteiger partial charge in [-0.3, -0.25) is 4.79 Å². The van der Waals surface area contributed by atoms with Crippen molar-refractivity contribution >= 4 is 21.7 Å². The second-order valence-corrected chi connectivity index (χ2v) is 5.44. The molecule has 0 spiro atoms. The summed E-state index contributed by atoms with van der Waals surface area (Å²) in [5.74, 6) is 0.0834. The maximum atomic E-state index is 12.6. The highest BCUT2D eigenvalue weighted by atomic mass is 16.5. The third kappa shape index (κ3) is 2.04. The fraction of sp³-hybridized carbons (Fsp3) is 0. The minimum absolute atomic E-state index is 0.0834. The van der Waals surface area contributed by atoms with Crippen LogP contribution in [-0.4, -0.2) is 15.0 Å². The number of hydrogen-bond donors (Lipinski definition) is 2. The molecule has 0 unspecified atom stereocenters. The van der Waals surface area contributed by atoms with Crippen molar-refractivity contribution in [1.82, 2.24) is 4.73 Å². The Morgan fingerprint density at radius 1 is 0.783 bits per heavy atom. The molecule has 0 atom stereocenters. The van der Waals surface area contributed by atoms with Gasteiger partial charge >= 0.3 is 0 Å². The maximum absolute atomic E-state index is 12.6. The first kappa shape index (κ1) is 13.4. The molecule has 0 radical (unpaired) electrons. The Balaban J connectivity index is 2.12. The van der Waals surface area contributed by atoms with Gasteiger partial charge in [0, 0.05) is 5.39 Å². The maximum Gasteiger partial charge on any atom is 0.291 e. The van der Waals surface area contributed by atoms with E-state index < -0.39 is 5.56 Å². The summed E-state index contributed by atoms with van der Waals surface area (Å²) in [6.07, 6.45) is 0. The summed E-state index contributed by atoms with van der Waals surface area (Å²) < 4.78 is 0.631. The lowest BCUT2D eigenvalue weighted by atomic mass is 9.98. The van der Waals surface area contributed by atoms with Crippen LogP contribution in [0, 0.1) is 0 Å². The van der Waals surface area contributed by atoms with Crippen LogP contribution in [0.4, 0.5) is 0 Å². The van der Waals surface area contributed by atoms with Gasteiger partial charge in [0.25, 0.3) is 5.56 Å². The highest BCUT2D eigenvalue weighted by molar-refractivity contribution is 5.98. The summed E-state index contributed by atoms with van der Waals surface area (Å²) in [6.45, 7) is 0. The zero-order valence-corrected chi connectivity index (χ0v) is 12.1. The average molecular weight is 303 g/mol. The van der Waals surface area contributed by atoms with E-state index in [9.17, 15) is 15.1 Å². The summed E-state index contributed by atoms with van der Waals surface area (Å²) >= 11 is 0. The Bertz CT molecular complexity index is 1110. The Hall–Kier alpha value is -3.27.